The Kier molecular flexibility index (Phi) is 5.75. The van der Waals surface area contributed by atoms with Crippen LogP contribution >= 0.6 is 28.1 Å². The Labute approximate surface area is 121 Å². The Morgan fingerprint density at radius 3 is 2.72 bits per heavy atom. The number of nitrogens with one attached hydrogen (secondary N) is 1. The van der Waals surface area contributed by atoms with Gasteiger partial charge in [0.2, 0.25) is 0 Å². The second-order valence-corrected chi connectivity index (χ2v) is 5.59. The lowest BCUT2D eigenvalue weighted by molar-refractivity contribution is 0.0937. The van der Waals surface area contributed by atoms with Crippen molar-refractivity contribution >= 4 is 39.0 Å². The Morgan fingerprint density at radius 1 is 1.56 bits per heavy atom. The highest BCUT2D eigenvalue weighted by molar-refractivity contribution is 9.10. The molecule has 0 aromatic heterocycles. The second-order valence-electron chi connectivity index (χ2n) is 4.21. The molecule has 0 aliphatic carbocycles. The molecule has 1 rings (SSSR count). The maximum Gasteiger partial charge on any atom is 0.251 e. The van der Waals surface area contributed by atoms with Gasteiger partial charge in [-0.05, 0) is 31.0 Å². The molecule has 1 aromatic carbocycles. The number of nitrogens with two attached hydrogens (primary N) is 1. The van der Waals surface area contributed by atoms with E-state index in [1.54, 1.807) is 0 Å². The summed E-state index contributed by atoms with van der Waals surface area (Å²) in [4.78, 5) is 12.5. The molecular formula is C13H17BrN2OS. The lowest BCUT2D eigenvalue weighted by atomic mass is 10.1. The van der Waals surface area contributed by atoms with Crippen molar-refractivity contribution in [2.24, 2.45) is 5.73 Å². The Bertz CT molecular complexity index is 462. The highest BCUT2D eigenvalue weighted by Crippen LogP contribution is 2.17. The largest absolute Gasteiger partial charge is 0.393 e. The van der Waals surface area contributed by atoms with Gasteiger partial charge in [0.25, 0.3) is 5.91 Å². The van der Waals surface area contributed by atoms with Crippen LogP contribution in [-0.2, 0) is 0 Å². The molecule has 0 bridgehead atoms. The van der Waals surface area contributed by atoms with E-state index in [-0.39, 0.29) is 11.9 Å². The van der Waals surface area contributed by atoms with Crippen molar-refractivity contribution in [3.63, 3.8) is 0 Å². The zero-order valence-electron chi connectivity index (χ0n) is 10.5. The number of rotatable bonds is 5. The van der Waals surface area contributed by atoms with Crippen LogP contribution in [0.3, 0.4) is 0 Å². The van der Waals surface area contributed by atoms with Crippen molar-refractivity contribution in [2.75, 3.05) is 0 Å². The van der Waals surface area contributed by atoms with Crippen LogP contribution in [0.25, 0.3) is 0 Å². The third kappa shape index (κ3) is 4.38. The van der Waals surface area contributed by atoms with Crippen molar-refractivity contribution in [2.45, 2.75) is 32.7 Å². The predicted molar refractivity (Wildman–Crippen MR) is 81.8 cm³/mol. The van der Waals surface area contributed by atoms with E-state index in [0.29, 0.717) is 17.0 Å². The molecule has 0 heterocycles. The SMILES string of the molecule is CCC(CC(N)=S)NC(=O)c1ccc(C)c(Br)c1. The minimum Gasteiger partial charge on any atom is -0.393 e. The first-order valence-corrected chi connectivity index (χ1v) is 6.99. The van der Waals surface area contributed by atoms with E-state index in [1.807, 2.05) is 32.0 Å². The number of aryl methyl sites for hydroxylation is 1. The van der Waals surface area contributed by atoms with Crippen LogP contribution in [0, 0.1) is 6.92 Å². The Hall–Kier alpha value is -0.940. The van der Waals surface area contributed by atoms with Gasteiger partial charge in [-0.2, -0.15) is 0 Å². The quantitative estimate of drug-likeness (QED) is 0.817. The number of halogens is 1. The molecule has 18 heavy (non-hydrogen) atoms. The number of carbonyl (C=O) groups is 1. The lowest BCUT2D eigenvalue weighted by Gasteiger charge is -2.16. The first-order chi connectivity index (χ1) is 8.43. The molecule has 5 heteroatoms. The van der Waals surface area contributed by atoms with E-state index in [2.05, 4.69) is 21.2 Å². The summed E-state index contributed by atoms with van der Waals surface area (Å²) in [5, 5.41) is 2.93. The fraction of sp³-hybridized carbons (Fsp3) is 0.385. The molecule has 0 spiro atoms. The monoisotopic (exact) mass is 328 g/mol. The van der Waals surface area contributed by atoms with Gasteiger partial charge in [-0.3, -0.25) is 4.79 Å². The molecule has 1 atom stereocenters. The summed E-state index contributed by atoms with van der Waals surface area (Å²) < 4.78 is 0.928. The van der Waals surface area contributed by atoms with Crippen LogP contribution in [0.1, 0.15) is 35.7 Å². The zero-order valence-corrected chi connectivity index (χ0v) is 12.9. The van der Waals surface area contributed by atoms with E-state index in [9.17, 15) is 4.79 Å². The predicted octanol–water partition coefficient (Wildman–Crippen LogP) is 2.94. The Morgan fingerprint density at radius 2 is 2.22 bits per heavy atom. The van der Waals surface area contributed by atoms with Crippen LogP contribution in [0.5, 0.6) is 0 Å². The third-order valence-corrected chi connectivity index (χ3v) is 3.73. The zero-order chi connectivity index (χ0) is 13.7. The smallest absolute Gasteiger partial charge is 0.251 e. The molecule has 1 amide bonds. The molecule has 0 saturated carbocycles. The van der Waals surface area contributed by atoms with Crippen LogP contribution < -0.4 is 11.1 Å². The molecule has 3 N–H and O–H groups in total. The lowest BCUT2D eigenvalue weighted by Crippen LogP contribution is -2.37. The van der Waals surface area contributed by atoms with Crippen LogP contribution in [0.4, 0.5) is 0 Å². The molecule has 1 aromatic rings. The average molecular weight is 329 g/mol. The molecule has 0 aliphatic heterocycles. The van der Waals surface area contributed by atoms with Crippen molar-refractivity contribution in [1.29, 1.82) is 0 Å². The van der Waals surface area contributed by atoms with E-state index in [1.165, 1.54) is 0 Å². The molecule has 0 saturated heterocycles. The van der Waals surface area contributed by atoms with Gasteiger partial charge in [0.1, 0.15) is 0 Å². The maximum atomic E-state index is 12.0. The molecule has 0 fully saturated rings. The Balaban J connectivity index is 2.74. The molecule has 98 valence electrons. The average Bonchev–Trinajstić information content (AvgIpc) is 2.31. The van der Waals surface area contributed by atoms with Gasteiger partial charge in [-0.15, -0.1) is 0 Å². The molecule has 1 unspecified atom stereocenters. The van der Waals surface area contributed by atoms with Crippen molar-refractivity contribution < 1.29 is 4.79 Å². The van der Waals surface area contributed by atoms with Gasteiger partial charge in [-0.1, -0.05) is 41.1 Å². The number of amides is 1. The topological polar surface area (TPSA) is 55.1 Å². The molecule has 0 aliphatic rings. The third-order valence-electron chi connectivity index (χ3n) is 2.71. The first kappa shape index (κ1) is 15.1. The second kappa shape index (κ2) is 6.85. The number of hydrogen-bond acceptors (Lipinski definition) is 2. The van der Waals surface area contributed by atoms with Crippen molar-refractivity contribution in [3.05, 3.63) is 33.8 Å². The summed E-state index contributed by atoms with van der Waals surface area (Å²) >= 11 is 8.28. The number of hydrogen-bond donors (Lipinski definition) is 2. The highest BCUT2D eigenvalue weighted by Gasteiger charge is 2.13. The summed E-state index contributed by atoms with van der Waals surface area (Å²) in [7, 11) is 0. The minimum atomic E-state index is -0.0983. The molecular weight excluding hydrogens is 312 g/mol. The van der Waals surface area contributed by atoms with Gasteiger partial charge >= 0.3 is 0 Å². The minimum absolute atomic E-state index is 0.00456. The number of thiocarbonyl (C=S) groups is 1. The van der Waals surface area contributed by atoms with Crippen molar-refractivity contribution in [1.82, 2.24) is 5.32 Å². The van der Waals surface area contributed by atoms with E-state index in [4.69, 9.17) is 18.0 Å². The number of benzene rings is 1. The van der Waals surface area contributed by atoms with Crippen molar-refractivity contribution in [3.8, 4) is 0 Å². The van der Waals surface area contributed by atoms with Crippen LogP contribution in [-0.4, -0.2) is 16.9 Å². The van der Waals surface area contributed by atoms with Gasteiger partial charge in [0.15, 0.2) is 0 Å². The van der Waals surface area contributed by atoms with Gasteiger partial charge in [0.05, 0.1) is 4.99 Å². The van der Waals surface area contributed by atoms with Crippen LogP contribution in [0.15, 0.2) is 22.7 Å². The summed E-state index contributed by atoms with van der Waals surface area (Å²) in [5.41, 5.74) is 7.23. The van der Waals surface area contributed by atoms with E-state index >= 15 is 0 Å². The maximum absolute atomic E-state index is 12.0. The highest BCUT2D eigenvalue weighted by atomic mass is 79.9. The van der Waals surface area contributed by atoms with E-state index < -0.39 is 0 Å². The number of carbonyl (C=O) groups excluding carboxylic acids is 1. The normalized spacial score (nSPS) is 11.9. The summed E-state index contributed by atoms with van der Waals surface area (Å²) in [6.07, 6.45) is 1.33. The fourth-order valence-corrected chi connectivity index (χ4v) is 2.12. The molecule has 0 radical (unpaired) electrons. The summed E-state index contributed by atoms with van der Waals surface area (Å²) in [6.45, 7) is 3.97. The van der Waals surface area contributed by atoms with Gasteiger partial charge < -0.3 is 11.1 Å². The standard InChI is InChI=1S/C13H17BrN2OS/c1-3-10(7-12(15)18)16-13(17)9-5-4-8(2)11(14)6-9/h4-6,10H,3,7H2,1-2H3,(H2,15,18)(H,16,17). The fourth-order valence-electron chi connectivity index (χ4n) is 1.54. The summed E-state index contributed by atoms with van der Waals surface area (Å²) in [6, 6.07) is 5.53. The van der Waals surface area contributed by atoms with E-state index in [0.717, 1.165) is 16.5 Å². The van der Waals surface area contributed by atoms with Crippen LogP contribution in [0.2, 0.25) is 0 Å². The van der Waals surface area contributed by atoms with Gasteiger partial charge in [0, 0.05) is 22.5 Å². The first-order valence-electron chi connectivity index (χ1n) is 5.79. The summed E-state index contributed by atoms with van der Waals surface area (Å²) in [5.74, 6) is -0.0983. The van der Waals surface area contributed by atoms with Gasteiger partial charge in [-0.25, -0.2) is 0 Å². The molecule has 3 nitrogen and oxygen atoms in total.